The van der Waals surface area contributed by atoms with Gasteiger partial charge in [-0.05, 0) is 38.1 Å². The van der Waals surface area contributed by atoms with Gasteiger partial charge in [0.25, 0.3) is 0 Å². The van der Waals surface area contributed by atoms with Crippen LogP contribution in [0.3, 0.4) is 0 Å². The van der Waals surface area contributed by atoms with Crippen LogP contribution in [0.4, 0.5) is 0 Å². The van der Waals surface area contributed by atoms with Crippen LogP contribution in [-0.2, 0) is 10.0 Å². The second-order valence-electron chi connectivity index (χ2n) is 5.02. The molecule has 3 N–H and O–H groups in total. The van der Waals surface area contributed by atoms with Gasteiger partial charge in [0.15, 0.2) is 0 Å². The number of nitrogens with two attached hydrogens (primary N) is 1. The minimum absolute atomic E-state index is 0.218. The van der Waals surface area contributed by atoms with E-state index in [1.165, 1.54) is 0 Å². The minimum Gasteiger partial charge on any atom is -0.329 e. The molecule has 1 heterocycles. The van der Waals surface area contributed by atoms with Gasteiger partial charge in [0.2, 0.25) is 10.0 Å². The zero-order valence-corrected chi connectivity index (χ0v) is 11.7. The second-order valence-corrected chi connectivity index (χ2v) is 6.67. The van der Waals surface area contributed by atoms with E-state index in [9.17, 15) is 8.42 Å². The summed E-state index contributed by atoms with van der Waals surface area (Å²) < 4.78 is 27.5. The third-order valence-corrected chi connectivity index (χ3v) is 4.57. The summed E-state index contributed by atoms with van der Waals surface area (Å²) in [4.78, 5) is 4.38. The summed E-state index contributed by atoms with van der Waals surface area (Å²) in [6, 6.07) is 8.49. The van der Waals surface area contributed by atoms with Gasteiger partial charge in [-0.2, -0.15) is 0 Å². The third kappa shape index (κ3) is 2.91. The summed E-state index contributed by atoms with van der Waals surface area (Å²) in [6.45, 7) is 3.71. The van der Waals surface area contributed by atoms with E-state index in [0.717, 1.165) is 0 Å². The van der Waals surface area contributed by atoms with Gasteiger partial charge in [0.05, 0.1) is 10.4 Å². The van der Waals surface area contributed by atoms with Crippen molar-refractivity contribution in [1.29, 1.82) is 0 Å². The fourth-order valence-corrected chi connectivity index (χ4v) is 3.41. The summed E-state index contributed by atoms with van der Waals surface area (Å²) in [7, 11) is -3.63. The van der Waals surface area contributed by atoms with Crippen molar-refractivity contribution >= 4 is 20.9 Å². The van der Waals surface area contributed by atoms with E-state index >= 15 is 0 Å². The Morgan fingerprint density at radius 1 is 1.26 bits per heavy atom. The number of nitrogens with one attached hydrogen (secondary N) is 1. The maximum atomic E-state index is 12.4. The molecule has 0 saturated heterocycles. The fourth-order valence-electron chi connectivity index (χ4n) is 1.77. The highest BCUT2D eigenvalue weighted by molar-refractivity contribution is 7.89. The molecule has 0 aliphatic heterocycles. The number of benzene rings is 1. The van der Waals surface area contributed by atoms with Crippen molar-refractivity contribution in [3.05, 3.63) is 36.5 Å². The predicted octanol–water partition coefficient (Wildman–Crippen LogP) is 1.25. The molecule has 2 rings (SSSR count). The summed E-state index contributed by atoms with van der Waals surface area (Å²) in [5.74, 6) is 0. The van der Waals surface area contributed by atoms with E-state index in [0.29, 0.717) is 10.9 Å². The Morgan fingerprint density at radius 3 is 2.68 bits per heavy atom. The molecule has 2 aromatic rings. The van der Waals surface area contributed by atoms with E-state index in [1.54, 1.807) is 50.4 Å². The minimum atomic E-state index is -3.63. The second kappa shape index (κ2) is 4.88. The van der Waals surface area contributed by atoms with Gasteiger partial charge < -0.3 is 5.73 Å². The van der Waals surface area contributed by atoms with Gasteiger partial charge in [-0.25, -0.2) is 13.1 Å². The zero-order chi connectivity index (χ0) is 14.1. The molecule has 0 fully saturated rings. The summed E-state index contributed by atoms with van der Waals surface area (Å²) in [5.41, 5.74) is 5.52. The van der Waals surface area contributed by atoms with E-state index < -0.39 is 15.6 Å². The van der Waals surface area contributed by atoms with Crippen LogP contribution in [-0.4, -0.2) is 25.5 Å². The van der Waals surface area contributed by atoms with Gasteiger partial charge in [0, 0.05) is 23.7 Å². The number of fused-ring (bicyclic) bond motifs is 1. The number of pyridine rings is 1. The van der Waals surface area contributed by atoms with Crippen LogP contribution < -0.4 is 10.5 Å². The molecule has 19 heavy (non-hydrogen) atoms. The van der Waals surface area contributed by atoms with E-state index in [-0.39, 0.29) is 11.4 Å². The first-order valence-electron chi connectivity index (χ1n) is 5.93. The molecule has 5 nitrogen and oxygen atoms in total. The maximum absolute atomic E-state index is 12.4. The van der Waals surface area contributed by atoms with Crippen LogP contribution in [0.15, 0.2) is 41.4 Å². The summed E-state index contributed by atoms with van der Waals surface area (Å²) in [6.07, 6.45) is 1.63. The quantitative estimate of drug-likeness (QED) is 0.882. The van der Waals surface area contributed by atoms with Crippen molar-refractivity contribution in [3.8, 4) is 0 Å². The SMILES string of the molecule is CC(C)(CN)NS(=O)(=O)c1cccc2ncccc12. The Labute approximate surface area is 112 Å². The van der Waals surface area contributed by atoms with Gasteiger partial charge in [-0.3, -0.25) is 4.98 Å². The Hall–Kier alpha value is -1.50. The molecule has 0 aliphatic carbocycles. The topological polar surface area (TPSA) is 85.1 Å². The first-order valence-corrected chi connectivity index (χ1v) is 7.42. The maximum Gasteiger partial charge on any atom is 0.241 e. The van der Waals surface area contributed by atoms with E-state index in [2.05, 4.69) is 9.71 Å². The third-order valence-electron chi connectivity index (χ3n) is 2.82. The number of nitrogens with zero attached hydrogens (tertiary/aromatic N) is 1. The molecule has 0 spiro atoms. The van der Waals surface area contributed by atoms with E-state index in [4.69, 9.17) is 5.73 Å². The molecule has 1 aromatic heterocycles. The van der Waals surface area contributed by atoms with E-state index in [1.807, 2.05) is 0 Å². The molecule has 102 valence electrons. The standard InChI is InChI=1S/C13H17N3O2S/c1-13(2,9-14)16-19(17,18)12-7-3-6-11-10(12)5-4-8-15-11/h3-8,16H,9,14H2,1-2H3. The van der Waals surface area contributed by atoms with Crippen LogP contribution in [0.1, 0.15) is 13.8 Å². The first-order chi connectivity index (χ1) is 8.86. The van der Waals surface area contributed by atoms with Crippen molar-refractivity contribution in [1.82, 2.24) is 9.71 Å². The lowest BCUT2D eigenvalue weighted by atomic mass is 10.1. The van der Waals surface area contributed by atoms with Crippen LogP contribution in [0.25, 0.3) is 10.9 Å². The van der Waals surface area contributed by atoms with Crippen LogP contribution in [0.5, 0.6) is 0 Å². The fraction of sp³-hybridized carbons (Fsp3) is 0.308. The molecular formula is C13H17N3O2S. The molecule has 0 bridgehead atoms. The lowest BCUT2D eigenvalue weighted by Crippen LogP contribution is -2.48. The predicted molar refractivity (Wildman–Crippen MR) is 75.2 cm³/mol. The summed E-state index contributed by atoms with van der Waals surface area (Å²) >= 11 is 0. The molecule has 6 heteroatoms. The number of rotatable bonds is 4. The van der Waals surface area contributed by atoms with Crippen LogP contribution in [0.2, 0.25) is 0 Å². The Balaban J connectivity index is 2.55. The number of hydrogen-bond acceptors (Lipinski definition) is 4. The summed E-state index contributed by atoms with van der Waals surface area (Å²) in [5, 5.41) is 0.602. The Bertz CT molecular complexity index is 691. The molecular weight excluding hydrogens is 262 g/mol. The zero-order valence-electron chi connectivity index (χ0n) is 10.9. The van der Waals surface area contributed by atoms with Gasteiger partial charge in [0.1, 0.15) is 0 Å². The van der Waals surface area contributed by atoms with Gasteiger partial charge >= 0.3 is 0 Å². The highest BCUT2D eigenvalue weighted by Gasteiger charge is 2.26. The Morgan fingerprint density at radius 2 is 2.00 bits per heavy atom. The highest BCUT2D eigenvalue weighted by Crippen LogP contribution is 2.22. The molecule has 0 amide bonds. The highest BCUT2D eigenvalue weighted by atomic mass is 32.2. The first kappa shape index (κ1) is 13.9. The molecule has 0 saturated carbocycles. The van der Waals surface area contributed by atoms with Gasteiger partial charge in [-0.1, -0.05) is 6.07 Å². The normalized spacial score (nSPS) is 12.8. The largest absolute Gasteiger partial charge is 0.329 e. The molecule has 1 aromatic carbocycles. The Kier molecular flexibility index (Phi) is 3.58. The monoisotopic (exact) mass is 279 g/mol. The molecule has 0 aliphatic rings. The lowest BCUT2D eigenvalue weighted by Gasteiger charge is -2.24. The molecule has 0 atom stereocenters. The smallest absolute Gasteiger partial charge is 0.241 e. The molecule has 0 radical (unpaired) electrons. The van der Waals surface area contributed by atoms with Crippen molar-refractivity contribution in [2.24, 2.45) is 5.73 Å². The number of aromatic nitrogens is 1. The van der Waals surface area contributed by atoms with Crippen molar-refractivity contribution < 1.29 is 8.42 Å². The van der Waals surface area contributed by atoms with Crippen LogP contribution in [0, 0.1) is 0 Å². The average Bonchev–Trinajstić information content (AvgIpc) is 2.37. The van der Waals surface area contributed by atoms with Crippen LogP contribution >= 0.6 is 0 Å². The number of hydrogen-bond donors (Lipinski definition) is 2. The van der Waals surface area contributed by atoms with Gasteiger partial charge in [-0.15, -0.1) is 0 Å². The van der Waals surface area contributed by atoms with Crippen molar-refractivity contribution in [3.63, 3.8) is 0 Å². The molecule has 0 unspecified atom stereocenters. The van der Waals surface area contributed by atoms with Crippen molar-refractivity contribution in [2.75, 3.05) is 6.54 Å². The number of sulfonamides is 1. The average molecular weight is 279 g/mol. The van der Waals surface area contributed by atoms with Crippen molar-refractivity contribution in [2.45, 2.75) is 24.3 Å². The lowest BCUT2D eigenvalue weighted by molar-refractivity contribution is 0.463.